The first-order valence-corrected chi connectivity index (χ1v) is 8.95. The monoisotopic (exact) mass is 406 g/mol. The summed E-state index contributed by atoms with van der Waals surface area (Å²) in [6.45, 7) is 1.76. The fourth-order valence-corrected chi connectivity index (χ4v) is 2.96. The van der Waals surface area contributed by atoms with Crippen molar-refractivity contribution in [1.82, 2.24) is 15.4 Å². The van der Waals surface area contributed by atoms with Gasteiger partial charge in [0.05, 0.1) is 5.97 Å². The van der Waals surface area contributed by atoms with Crippen molar-refractivity contribution in [2.24, 2.45) is 0 Å². The molecule has 0 saturated heterocycles. The van der Waals surface area contributed by atoms with E-state index in [1.165, 1.54) is 12.1 Å². The summed E-state index contributed by atoms with van der Waals surface area (Å²) in [4.78, 5) is 10.8. The zero-order valence-electron chi connectivity index (χ0n) is 15.1. The lowest BCUT2D eigenvalue weighted by Gasteiger charge is -2.02. The van der Waals surface area contributed by atoms with Gasteiger partial charge in [0, 0.05) is 5.56 Å². The van der Waals surface area contributed by atoms with E-state index in [4.69, 9.17) is 20.5 Å². The molecule has 0 aliphatic carbocycles. The summed E-state index contributed by atoms with van der Waals surface area (Å²) in [7, 11) is 0. The first-order chi connectivity index (χ1) is 14.0. The van der Waals surface area contributed by atoms with E-state index < -0.39 is 5.97 Å². The van der Waals surface area contributed by atoms with Crippen LogP contribution < -0.4 is 5.11 Å². The Hall–Kier alpha value is -3.71. The Labute approximate surface area is 170 Å². The molecule has 0 bridgehead atoms. The van der Waals surface area contributed by atoms with Gasteiger partial charge < -0.3 is 18.8 Å². The molecule has 0 aliphatic heterocycles. The zero-order valence-corrected chi connectivity index (χ0v) is 15.9. The van der Waals surface area contributed by atoms with Crippen molar-refractivity contribution in [2.45, 2.75) is 6.92 Å². The third-order valence-corrected chi connectivity index (χ3v) is 4.46. The van der Waals surface area contributed by atoms with Gasteiger partial charge in [0.25, 0.3) is 11.8 Å². The number of carboxylic acid groups (broad SMARTS) is 1. The van der Waals surface area contributed by atoms with Crippen molar-refractivity contribution in [2.75, 3.05) is 0 Å². The number of nitrogens with zero attached hydrogens (tertiary/aromatic N) is 3. The van der Waals surface area contributed by atoms with Crippen LogP contribution in [0.5, 0.6) is 0 Å². The Bertz CT molecular complexity index is 1190. The predicted molar refractivity (Wildman–Crippen MR) is 104 cm³/mol. The van der Waals surface area contributed by atoms with E-state index in [0.29, 0.717) is 22.6 Å². The van der Waals surface area contributed by atoms with E-state index in [2.05, 4.69) is 15.4 Å². The number of carbonyl (C=O) groups is 1. The molecule has 2 heterocycles. The normalized spacial score (nSPS) is 11.6. The summed E-state index contributed by atoms with van der Waals surface area (Å²) in [6.07, 6.45) is 1.59. The lowest BCUT2D eigenvalue weighted by Crippen LogP contribution is -2.21. The Morgan fingerprint density at radius 3 is 2.48 bits per heavy atom. The predicted octanol–water partition coefficient (Wildman–Crippen LogP) is 3.80. The molecule has 0 atom stereocenters. The average molecular weight is 407 g/mol. The van der Waals surface area contributed by atoms with Crippen LogP contribution >= 0.6 is 11.6 Å². The Morgan fingerprint density at radius 1 is 1.07 bits per heavy atom. The van der Waals surface area contributed by atoms with E-state index in [1.807, 2.05) is 30.3 Å². The maximum atomic E-state index is 10.8. The highest BCUT2D eigenvalue weighted by Gasteiger charge is 2.22. The largest absolute Gasteiger partial charge is 0.545 e. The first-order valence-electron chi connectivity index (χ1n) is 8.57. The number of carbonyl (C=O) groups excluding carboxylic acids is 1. The van der Waals surface area contributed by atoms with Crippen molar-refractivity contribution in [1.29, 1.82) is 0 Å². The van der Waals surface area contributed by atoms with Crippen LogP contribution in [0, 0.1) is 6.92 Å². The van der Waals surface area contributed by atoms with Crippen molar-refractivity contribution >= 4 is 28.7 Å². The van der Waals surface area contributed by atoms with Gasteiger partial charge in [0.2, 0.25) is 0 Å². The van der Waals surface area contributed by atoms with Crippen molar-refractivity contribution in [3.63, 3.8) is 0 Å². The molecular weight excluding hydrogens is 394 g/mol. The van der Waals surface area contributed by atoms with Crippen LogP contribution in [0.2, 0.25) is 0 Å². The van der Waals surface area contributed by atoms with E-state index >= 15 is 0 Å². The van der Waals surface area contributed by atoms with Gasteiger partial charge in [-0.3, -0.25) is 0 Å². The third-order valence-electron chi connectivity index (χ3n) is 4.19. The van der Waals surface area contributed by atoms with Gasteiger partial charge in [-0.2, -0.15) is 0 Å². The lowest BCUT2D eigenvalue weighted by molar-refractivity contribution is -0.255. The van der Waals surface area contributed by atoms with Gasteiger partial charge in [0.1, 0.15) is 22.0 Å². The molecule has 0 amide bonds. The number of aromatic nitrogens is 3. The molecule has 4 rings (SSSR count). The Morgan fingerprint density at radius 2 is 1.79 bits per heavy atom. The number of carboxylic acids is 1. The number of halogens is 1. The lowest BCUT2D eigenvalue weighted by atomic mass is 10.1. The van der Waals surface area contributed by atoms with Crippen LogP contribution in [-0.2, 0) is 0 Å². The molecule has 2 aromatic carbocycles. The standard InChI is InChI=1S/C21H14ClN3O4/c1-12-17(18(25-29-12)14-5-3-2-4-6-14)20-24-23-19(28-20)16(22)11-13-7-9-15(10-8-13)21(26)27/h2-11H,1H3,(H,26,27)/p-1/b16-11-. The highest BCUT2D eigenvalue weighted by atomic mass is 35.5. The first kappa shape index (κ1) is 18.6. The van der Waals surface area contributed by atoms with Crippen LogP contribution in [0.3, 0.4) is 0 Å². The Kier molecular flexibility index (Phi) is 4.97. The highest BCUT2D eigenvalue weighted by molar-refractivity contribution is 6.50. The quantitative estimate of drug-likeness (QED) is 0.496. The van der Waals surface area contributed by atoms with E-state index in [9.17, 15) is 9.90 Å². The second kappa shape index (κ2) is 7.73. The molecule has 0 saturated carbocycles. The van der Waals surface area contributed by atoms with Crippen molar-refractivity contribution in [3.05, 3.63) is 77.4 Å². The van der Waals surface area contributed by atoms with Crippen molar-refractivity contribution in [3.8, 4) is 22.7 Å². The molecule has 0 spiro atoms. The molecule has 4 aromatic rings. The van der Waals surface area contributed by atoms with E-state index in [0.717, 1.165) is 5.56 Å². The molecule has 144 valence electrons. The molecule has 0 N–H and O–H groups in total. The molecule has 29 heavy (non-hydrogen) atoms. The summed E-state index contributed by atoms with van der Waals surface area (Å²) in [5.74, 6) is -0.356. The van der Waals surface area contributed by atoms with E-state index in [-0.39, 0.29) is 22.4 Å². The highest BCUT2D eigenvalue weighted by Crippen LogP contribution is 2.34. The molecule has 0 unspecified atom stereocenters. The molecule has 7 nitrogen and oxygen atoms in total. The van der Waals surface area contributed by atoms with Crippen LogP contribution in [0.4, 0.5) is 0 Å². The van der Waals surface area contributed by atoms with Gasteiger partial charge in [0.15, 0.2) is 0 Å². The number of rotatable bonds is 5. The van der Waals surface area contributed by atoms with Gasteiger partial charge in [-0.25, -0.2) is 0 Å². The molecule has 0 aliphatic rings. The Balaban J connectivity index is 1.65. The SMILES string of the molecule is Cc1onc(-c2ccccc2)c1-c1nnc(/C(Cl)=C/c2ccc(C(=O)[O-])cc2)o1. The fraction of sp³-hybridized carbons (Fsp3) is 0.0476. The molecule has 0 radical (unpaired) electrons. The summed E-state index contributed by atoms with van der Waals surface area (Å²) >= 11 is 6.31. The average Bonchev–Trinajstić information content (AvgIpc) is 3.35. The summed E-state index contributed by atoms with van der Waals surface area (Å²) in [5, 5.41) is 23.2. The zero-order chi connectivity index (χ0) is 20.4. The van der Waals surface area contributed by atoms with Gasteiger partial charge in [-0.1, -0.05) is 71.4 Å². The number of aromatic carboxylic acids is 1. The summed E-state index contributed by atoms with van der Waals surface area (Å²) in [6, 6.07) is 15.6. The number of aryl methyl sites for hydroxylation is 1. The fourth-order valence-electron chi connectivity index (χ4n) is 2.76. The minimum absolute atomic E-state index is 0.0784. The van der Waals surface area contributed by atoms with Gasteiger partial charge in [-0.05, 0) is 24.1 Å². The van der Waals surface area contributed by atoms with Gasteiger partial charge >= 0.3 is 0 Å². The molecule has 2 aromatic heterocycles. The minimum Gasteiger partial charge on any atom is -0.545 e. The number of hydrogen-bond acceptors (Lipinski definition) is 7. The maximum Gasteiger partial charge on any atom is 0.259 e. The summed E-state index contributed by atoms with van der Waals surface area (Å²) < 4.78 is 11.1. The van der Waals surface area contributed by atoms with E-state index in [1.54, 1.807) is 25.1 Å². The number of hydrogen-bond donors (Lipinski definition) is 0. The molecule has 8 heteroatoms. The van der Waals surface area contributed by atoms with Crippen LogP contribution in [-0.4, -0.2) is 21.3 Å². The number of benzene rings is 2. The third kappa shape index (κ3) is 3.81. The maximum absolute atomic E-state index is 10.8. The second-order valence-corrected chi connectivity index (χ2v) is 6.55. The smallest absolute Gasteiger partial charge is 0.259 e. The van der Waals surface area contributed by atoms with Crippen LogP contribution in [0.1, 0.15) is 27.6 Å². The molecule has 0 fully saturated rings. The van der Waals surface area contributed by atoms with Crippen LogP contribution in [0.15, 0.2) is 63.5 Å². The van der Waals surface area contributed by atoms with Gasteiger partial charge in [-0.15, -0.1) is 10.2 Å². The minimum atomic E-state index is -1.24. The second-order valence-electron chi connectivity index (χ2n) is 6.14. The van der Waals surface area contributed by atoms with Crippen molar-refractivity contribution < 1.29 is 18.8 Å². The molecular formula is C21H13ClN3O4-. The topological polar surface area (TPSA) is 105 Å². The summed E-state index contributed by atoms with van der Waals surface area (Å²) in [5.41, 5.74) is 2.79. The van der Waals surface area contributed by atoms with Crippen LogP contribution in [0.25, 0.3) is 33.8 Å².